The highest BCUT2D eigenvalue weighted by Crippen LogP contribution is 2.42. The van der Waals surface area contributed by atoms with E-state index in [0.29, 0.717) is 11.7 Å². The van der Waals surface area contributed by atoms with E-state index in [4.69, 9.17) is 9.40 Å². The lowest BCUT2D eigenvalue weighted by Gasteiger charge is -2.09. The summed E-state index contributed by atoms with van der Waals surface area (Å²) in [5.74, 6) is 3.90. The van der Waals surface area contributed by atoms with Crippen LogP contribution in [-0.2, 0) is 6.42 Å². The summed E-state index contributed by atoms with van der Waals surface area (Å²) in [6.07, 6.45) is 3.35. The topological polar surface area (TPSA) is 51.0 Å². The lowest BCUT2D eigenvalue weighted by atomic mass is 10.2. The maximum Gasteiger partial charge on any atom is 0.197 e. The van der Waals surface area contributed by atoms with Crippen LogP contribution in [-0.4, -0.2) is 17.0 Å². The highest BCUT2D eigenvalue weighted by molar-refractivity contribution is 14.1. The van der Waals surface area contributed by atoms with Gasteiger partial charge in [-0.25, -0.2) is 9.97 Å². The Labute approximate surface area is 126 Å². The fourth-order valence-electron chi connectivity index (χ4n) is 2.06. The Morgan fingerprint density at radius 3 is 2.74 bits per heavy atom. The van der Waals surface area contributed by atoms with Crippen LogP contribution >= 0.6 is 22.6 Å². The van der Waals surface area contributed by atoms with Crippen LogP contribution in [0, 0.1) is 3.57 Å². The second-order valence-corrected chi connectivity index (χ2v) is 5.82. The molecule has 0 bridgehead atoms. The summed E-state index contributed by atoms with van der Waals surface area (Å²) in [5.41, 5.74) is 1.16. The Morgan fingerprint density at radius 1 is 1.37 bits per heavy atom. The van der Waals surface area contributed by atoms with Crippen molar-refractivity contribution in [1.29, 1.82) is 0 Å². The summed E-state index contributed by atoms with van der Waals surface area (Å²) >= 11 is 2.33. The second kappa shape index (κ2) is 5.11. The summed E-state index contributed by atoms with van der Waals surface area (Å²) in [6.45, 7) is 2.08. The predicted molar refractivity (Wildman–Crippen MR) is 83.4 cm³/mol. The lowest BCUT2D eigenvalue weighted by Crippen LogP contribution is -2.04. The smallest absolute Gasteiger partial charge is 0.197 e. The van der Waals surface area contributed by atoms with Crippen LogP contribution in [0.4, 0.5) is 5.82 Å². The van der Waals surface area contributed by atoms with Crippen molar-refractivity contribution in [1.82, 2.24) is 9.97 Å². The molecule has 0 aromatic carbocycles. The average molecular weight is 369 g/mol. The van der Waals surface area contributed by atoms with E-state index < -0.39 is 0 Å². The van der Waals surface area contributed by atoms with Crippen molar-refractivity contribution >= 4 is 28.4 Å². The van der Waals surface area contributed by atoms with Crippen molar-refractivity contribution in [2.45, 2.75) is 32.1 Å². The number of nitrogens with one attached hydrogen (secondary N) is 1. The minimum Gasteiger partial charge on any atom is -0.458 e. The lowest BCUT2D eigenvalue weighted by molar-refractivity contribution is 0.525. The van der Waals surface area contributed by atoms with Gasteiger partial charge >= 0.3 is 0 Å². The average Bonchev–Trinajstić information content (AvgIpc) is 3.16. The molecule has 1 N–H and O–H groups in total. The monoisotopic (exact) mass is 369 g/mol. The maximum atomic E-state index is 5.76. The van der Waals surface area contributed by atoms with Crippen molar-refractivity contribution in [3.63, 3.8) is 0 Å². The predicted octanol–water partition coefficient (Wildman–Crippen LogP) is 3.82. The van der Waals surface area contributed by atoms with E-state index in [9.17, 15) is 0 Å². The normalized spacial score (nSPS) is 14.7. The molecule has 3 rings (SSSR count). The Hall–Kier alpha value is -1.11. The van der Waals surface area contributed by atoms with E-state index in [-0.39, 0.29) is 0 Å². The fraction of sp³-hybridized carbons (Fsp3) is 0.429. The molecule has 4 nitrogen and oxygen atoms in total. The van der Waals surface area contributed by atoms with Crippen LogP contribution < -0.4 is 5.32 Å². The van der Waals surface area contributed by atoms with E-state index >= 15 is 0 Å². The molecule has 5 heteroatoms. The molecular formula is C14H16IN3O. The molecule has 0 spiro atoms. The molecule has 100 valence electrons. The zero-order valence-corrected chi connectivity index (χ0v) is 13.2. The molecule has 1 fully saturated rings. The van der Waals surface area contributed by atoms with Crippen LogP contribution in [0.3, 0.4) is 0 Å². The summed E-state index contributed by atoms with van der Waals surface area (Å²) in [5, 5.41) is 3.15. The van der Waals surface area contributed by atoms with Crippen LogP contribution in [0.1, 0.15) is 37.1 Å². The first-order valence-electron chi connectivity index (χ1n) is 6.57. The molecular weight excluding hydrogens is 353 g/mol. The van der Waals surface area contributed by atoms with Gasteiger partial charge < -0.3 is 9.73 Å². The van der Waals surface area contributed by atoms with Gasteiger partial charge in [0.2, 0.25) is 0 Å². The first-order chi connectivity index (χ1) is 9.22. The quantitative estimate of drug-likeness (QED) is 0.833. The molecule has 2 heterocycles. The van der Waals surface area contributed by atoms with E-state index in [0.717, 1.165) is 33.0 Å². The minimum atomic E-state index is 0.598. The van der Waals surface area contributed by atoms with Gasteiger partial charge in [-0.15, -0.1) is 0 Å². The van der Waals surface area contributed by atoms with Gasteiger partial charge in [0.25, 0.3) is 0 Å². The van der Waals surface area contributed by atoms with E-state index in [2.05, 4.69) is 39.8 Å². The molecule has 0 saturated heterocycles. The molecule has 2 aromatic rings. The van der Waals surface area contributed by atoms with Gasteiger partial charge in [-0.1, -0.05) is 6.92 Å². The van der Waals surface area contributed by atoms with Crippen LogP contribution in [0.15, 0.2) is 16.5 Å². The number of aromatic nitrogens is 2. The SMILES string of the molecule is CCc1ccc(-c2nc(NC)c(I)c(C3CC3)n2)o1. The first kappa shape index (κ1) is 12.9. The van der Waals surface area contributed by atoms with Crippen molar-refractivity contribution in [2.24, 2.45) is 0 Å². The molecule has 0 aliphatic heterocycles. The second-order valence-electron chi connectivity index (χ2n) is 4.74. The molecule has 1 saturated carbocycles. The van der Waals surface area contributed by atoms with Gasteiger partial charge in [-0.05, 0) is 47.6 Å². The number of rotatable bonds is 4. The summed E-state index contributed by atoms with van der Waals surface area (Å²) in [6, 6.07) is 3.95. The highest BCUT2D eigenvalue weighted by atomic mass is 127. The molecule has 1 aliphatic carbocycles. The number of aryl methyl sites for hydroxylation is 1. The molecule has 0 unspecified atom stereocenters. The Balaban J connectivity index is 2.07. The van der Waals surface area contributed by atoms with E-state index in [1.54, 1.807) is 0 Å². The number of hydrogen-bond acceptors (Lipinski definition) is 4. The number of nitrogens with zero attached hydrogens (tertiary/aromatic N) is 2. The minimum absolute atomic E-state index is 0.598. The van der Waals surface area contributed by atoms with Gasteiger partial charge in [-0.2, -0.15) is 0 Å². The molecule has 0 radical (unpaired) electrons. The van der Waals surface area contributed by atoms with Gasteiger partial charge in [0.1, 0.15) is 11.6 Å². The summed E-state index contributed by atoms with van der Waals surface area (Å²) < 4.78 is 6.89. The third kappa shape index (κ3) is 2.48. The molecule has 19 heavy (non-hydrogen) atoms. The number of hydrogen-bond donors (Lipinski definition) is 1. The van der Waals surface area contributed by atoms with Gasteiger partial charge in [0, 0.05) is 19.4 Å². The van der Waals surface area contributed by atoms with Crippen molar-refractivity contribution in [3.05, 3.63) is 27.2 Å². The van der Waals surface area contributed by atoms with Gasteiger partial charge in [0.15, 0.2) is 11.6 Å². The zero-order chi connectivity index (χ0) is 13.4. The first-order valence-corrected chi connectivity index (χ1v) is 7.65. The summed E-state index contributed by atoms with van der Waals surface area (Å²) in [4.78, 5) is 9.26. The Kier molecular flexibility index (Phi) is 3.47. The third-order valence-corrected chi connectivity index (χ3v) is 4.37. The van der Waals surface area contributed by atoms with Crippen LogP contribution in [0.25, 0.3) is 11.6 Å². The standard InChI is InChI=1S/C14H16IN3O/c1-3-9-6-7-10(19-9)13-17-12(8-4-5-8)11(15)14(16-2)18-13/h6-8H,3-5H2,1-2H3,(H,16,17,18). The van der Waals surface area contributed by atoms with Crippen LogP contribution in [0.5, 0.6) is 0 Å². The molecule has 1 aliphatic rings. The highest BCUT2D eigenvalue weighted by Gasteiger charge is 2.29. The fourth-order valence-corrected chi connectivity index (χ4v) is 3.01. The van der Waals surface area contributed by atoms with Crippen molar-refractivity contribution in [3.8, 4) is 11.6 Å². The van der Waals surface area contributed by atoms with Crippen molar-refractivity contribution in [2.75, 3.05) is 12.4 Å². The van der Waals surface area contributed by atoms with Crippen molar-refractivity contribution < 1.29 is 4.42 Å². The van der Waals surface area contributed by atoms with E-state index in [1.165, 1.54) is 12.8 Å². The summed E-state index contributed by atoms with van der Waals surface area (Å²) in [7, 11) is 1.89. The van der Waals surface area contributed by atoms with Gasteiger partial charge in [-0.3, -0.25) is 0 Å². The number of halogens is 1. The van der Waals surface area contributed by atoms with E-state index in [1.807, 2.05) is 19.2 Å². The molecule has 0 atom stereocenters. The number of furan rings is 1. The maximum absolute atomic E-state index is 5.76. The number of anilines is 1. The Morgan fingerprint density at radius 2 is 2.16 bits per heavy atom. The van der Waals surface area contributed by atoms with Gasteiger partial charge in [0.05, 0.1) is 9.26 Å². The Bertz CT molecular complexity index is 605. The molecule has 0 amide bonds. The largest absolute Gasteiger partial charge is 0.458 e. The van der Waals surface area contributed by atoms with Crippen LogP contribution in [0.2, 0.25) is 0 Å². The zero-order valence-electron chi connectivity index (χ0n) is 11.0. The molecule has 2 aromatic heterocycles. The third-order valence-electron chi connectivity index (χ3n) is 3.31.